The summed E-state index contributed by atoms with van der Waals surface area (Å²) in [5.41, 5.74) is 13.5. The molecule has 5 heteroatoms. The topological polar surface area (TPSA) is 55.9 Å². The highest BCUT2D eigenvalue weighted by atomic mass is 16.3. The molecule has 0 radical (unpaired) electrons. The van der Waals surface area contributed by atoms with Crippen LogP contribution in [0, 0.1) is 13.8 Å². The van der Waals surface area contributed by atoms with Gasteiger partial charge < -0.3 is 8.83 Å². The van der Waals surface area contributed by atoms with Crippen molar-refractivity contribution in [1.82, 2.24) is 9.97 Å². The molecule has 2 atom stereocenters. The minimum atomic E-state index is 0.0889. The summed E-state index contributed by atoms with van der Waals surface area (Å²) in [4.78, 5) is 9.89. The number of hydrogen-bond donors (Lipinski definition) is 0. The van der Waals surface area contributed by atoms with E-state index in [0.29, 0.717) is 5.71 Å². The molecule has 0 amide bonds. The summed E-state index contributed by atoms with van der Waals surface area (Å²) in [5.74, 6) is 0.179. The van der Waals surface area contributed by atoms with E-state index in [-0.39, 0.29) is 11.8 Å². The Hall–Kier alpha value is -4.77. The minimum Gasteiger partial charge on any atom is -0.471 e. The van der Waals surface area contributed by atoms with Crippen LogP contribution in [0.4, 0.5) is 0 Å². The van der Waals surface area contributed by atoms with Crippen molar-refractivity contribution in [3.63, 3.8) is 0 Å². The van der Waals surface area contributed by atoms with Crippen molar-refractivity contribution in [3.05, 3.63) is 124 Å². The van der Waals surface area contributed by atoms with Crippen molar-refractivity contribution in [3.8, 4) is 11.3 Å². The Labute approximate surface area is 224 Å². The van der Waals surface area contributed by atoms with E-state index < -0.39 is 0 Å². The highest BCUT2D eigenvalue weighted by Gasteiger charge is 2.48. The summed E-state index contributed by atoms with van der Waals surface area (Å²) < 4.78 is 14.4. The lowest BCUT2D eigenvalue weighted by Gasteiger charge is -2.39. The molecule has 39 heavy (non-hydrogen) atoms. The SMILES string of the molecule is Cc1ccc2c(n1)oc1c(-c3cnc4c([n+]3C)C3c5ccccc5C4c4cc5cocc5cc43)c(C)ccc12. The van der Waals surface area contributed by atoms with Gasteiger partial charge in [0.25, 0.3) is 0 Å². The van der Waals surface area contributed by atoms with Gasteiger partial charge in [-0.05, 0) is 65.9 Å². The Morgan fingerprint density at radius 2 is 1.51 bits per heavy atom. The summed E-state index contributed by atoms with van der Waals surface area (Å²) in [7, 11) is 2.18. The predicted molar refractivity (Wildman–Crippen MR) is 150 cm³/mol. The first-order valence-corrected chi connectivity index (χ1v) is 13.4. The lowest BCUT2D eigenvalue weighted by atomic mass is 9.63. The molecule has 0 spiro atoms. The fraction of sp³-hybridized carbons (Fsp3) is 0.147. The summed E-state index contributed by atoms with van der Waals surface area (Å²) in [6.45, 7) is 4.14. The third-order valence-electron chi connectivity index (χ3n) is 8.89. The van der Waals surface area contributed by atoms with E-state index in [4.69, 9.17) is 13.8 Å². The average molecular weight is 507 g/mol. The normalized spacial score (nSPS) is 17.1. The van der Waals surface area contributed by atoms with Crippen LogP contribution in [-0.2, 0) is 7.05 Å². The summed E-state index contributed by atoms with van der Waals surface area (Å²) in [6, 6.07) is 21.9. The quantitative estimate of drug-likeness (QED) is 0.221. The molecular weight excluding hydrogens is 482 g/mol. The molecule has 4 heterocycles. The zero-order valence-electron chi connectivity index (χ0n) is 21.8. The molecule has 3 aliphatic rings. The number of hydrogen-bond acceptors (Lipinski definition) is 4. The Balaban J connectivity index is 1.35. The highest BCUT2D eigenvalue weighted by Crippen LogP contribution is 2.55. The van der Waals surface area contributed by atoms with E-state index in [1.54, 1.807) is 0 Å². The van der Waals surface area contributed by atoms with Gasteiger partial charge in [0.05, 0.1) is 36.1 Å². The fourth-order valence-corrected chi connectivity index (χ4v) is 7.13. The molecule has 4 aromatic heterocycles. The standard InChI is InChI=1S/C34H24N3O2/c1-17-8-10-23-24-11-9-18(2)36-34(24)39-33(23)28(17)27-14-35-31-29-21-6-4-5-7-22(21)30(32(31)37(27)3)26-13-20-16-38-15-19(20)12-25(26)29/h4-16,29-30H,1-3H3/q+1. The first kappa shape index (κ1) is 21.2. The van der Waals surface area contributed by atoms with Gasteiger partial charge in [0, 0.05) is 27.2 Å². The lowest BCUT2D eigenvalue weighted by molar-refractivity contribution is -0.669. The third kappa shape index (κ3) is 2.62. The van der Waals surface area contributed by atoms with Crippen LogP contribution in [0.2, 0.25) is 0 Å². The number of nitrogens with zero attached hydrogens (tertiary/aromatic N) is 3. The second kappa shape index (κ2) is 7.20. The summed E-state index contributed by atoms with van der Waals surface area (Å²) in [5, 5.41) is 4.39. The van der Waals surface area contributed by atoms with E-state index in [9.17, 15) is 0 Å². The number of fused-ring (bicyclic) bond motifs is 4. The zero-order valence-corrected chi connectivity index (χ0v) is 21.8. The minimum absolute atomic E-state index is 0.0889. The van der Waals surface area contributed by atoms with Crippen molar-refractivity contribution in [1.29, 1.82) is 0 Å². The molecule has 10 rings (SSSR count). The average Bonchev–Trinajstić information content (AvgIpc) is 3.55. The predicted octanol–water partition coefficient (Wildman–Crippen LogP) is 7.22. The maximum Gasteiger partial charge on any atom is 0.235 e. The molecule has 0 N–H and O–H groups in total. The van der Waals surface area contributed by atoms with Crippen molar-refractivity contribution in [2.75, 3.05) is 0 Å². The Morgan fingerprint density at radius 3 is 2.31 bits per heavy atom. The van der Waals surface area contributed by atoms with Crippen LogP contribution in [-0.4, -0.2) is 9.97 Å². The third-order valence-corrected chi connectivity index (χ3v) is 8.89. The van der Waals surface area contributed by atoms with E-state index in [1.165, 1.54) is 27.9 Å². The van der Waals surface area contributed by atoms with Gasteiger partial charge >= 0.3 is 0 Å². The van der Waals surface area contributed by atoms with Gasteiger partial charge in [0.2, 0.25) is 17.1 Å². The molecule has 186 valence electrons. The van der Waals surface area contributed by atoms with Crippen molar-refractivity contribution in [2.45, 2.75) is 25.7 Å². The second-order valence-corrected chi connectivity index (χ2v) is 11.0. The number of rotatable bonds is 1. The first-order valence-electron chi connectivity index (χ1n) is 13.4. The zero-order chi connectivity index (χ0) is 26.0. The number of aromatic nitrogens is 3. The van der Waals surface area contributed by atoms with Crippen LogP contribution in [0.25, 0.3) is 44.1 Å². The van der Waals surface area contributed by atoms with Crippen molar-refractivity contribution < 1.29 is 13.4 Å². The molecule has 0 saturated heterocycles. The molecule has 0 fully saturated rings. The van der Waals surface area contributed by atoms with Crippen LogP contribution in [0.15, 0.2) is 88.2 Å². The maximum atomic E-state index is 6.45. The molecule has 3 aromatic carbocycles. The molecule has 2 bridgehead atoms. The van der Waals surface area contributed by atoms with E-state index in [0.717, 1.165) is 55.3 Å². The van der Waals surface area contributed by atoms with Crippen LogP contribution in [0.3, 0.4) is 0 Å². The molecule has 2 unspecified atom stereocenters. The smallest absolute Gasteiger partial charge is 0.235 e. The van der Waals surface area contributed by atoms with Gasteiger partial charge in [-0.3, -0.25) is 0 Å². The number of furan rings is 2. The molecule has 5 nitrogen and oxygen atoms in total. The highest BCUT2D eigenvalue weighted by molar-refractivity contribution is 6.08. The van der Waals surface area contributed by atoms with Crippen LogP contribution in [0.1, 0.15) is 56.7 Å². The van der Waals surface area contributed by atoms with E-state index in [1.807, 2.05) is 31.7 Å². The van der Waals surface area contributed by atoms with Gasteiger partial charge in [-0.2, -0.15) is 4.57 Å². The molecule has 0 aliphatic heterocycles. The van der Waals surface area contributed by atoms with Gasteiger partial charge in [-0.15, -0.1) is 0 Å². The van der Waals surface area contributed by atoms with Crippen LogP contribution in [0.5, 0.6) is 0 Å². The summed E-state index contributed by atoms with van der Waals surface area (Å²) in [6.07, 6.45) is 5.72. The second-order valence-electron chi connectivity index (χ2n) is 11.0. The van der Waals surface area contributed by atoms with Crippen LogP contribution >= 0.6 is 0 Å². The van der Waals surface area contributed by atoms with Gasteiger partial charge in [0.1, 0.15) is 12.7 Å². The van der Waals surface area contributed by atoms with Gasteiger partial charge in [-0.1, -0.05) is 36.4 Å². The van der Waals surface area contributed by atoms with Crippen LogP contribution < -0.4 is 4.57 Å². The fourth-order valence-electron chi connectivity index (χ4n) is 7.13. The summed E-state index contributed by atoms with van der Waals surface area (Å²) >= 11 is 0. The van der Waals surface area contributed by atoms with E-state index in [2.05, 4.69) is 78.1 Å². The number of aryl methyl sites for hydroxylation is 2. The number of pyridine rings is 1. The maximum absolute atomic E-state index is 6.45. The number of benzene rings is 3. The molecule has 7 aromatic rings. The molecule has 0 saturated carbocycles. The van der Waals surface area contributed by atoms with Gasteiger partial charge in [0.15, 0.2) is 5.58 Å². The lowest BCUT2D eigenvalue weighted by Crippen LogP contribution is -2.45. The van der Waals surface area contributed by atoms with E-state index >= 15 is 0 Å². The largest absolute Gasteiger partial charge is 0.471 e. The Morgan fingerprint density at radius 1 is 0.795 bits per heavy atom. The van der Waals surface area contributed by atoms with Crippen molar-refractivity contribution >= 4 is 32.8 Å². The molecular formula is C34H24N3O2+. The first-order chi connectivity index (χ1) is 19.1. The van der Waals surface area contributed by atoms with Gasteiger partial charge in [-0.25, -0.2) is 9.97 Å². The Kier molecular flexibility index (Phi) is 3.91. The monoisotopic (exact) mass is 506 g/mol. The Bertz CT molecular complexity index is 2190. The van der Waals surface area contributed by atoms with Crippen molar-refractivity contribution in [2.24, 2.45) is 7.05 Å². The molecule has 3 aliphatic carbocycles.